The zero-order valence-electron chi connectivity index (χ0n) is 12.3. The van der Waals surface area contributed by atoms with Crippen LogP contribution in [-0.2, 0) is 0 Å². The Hall–Kier alpha value is -1.02. The fraction of sp³-hybridized carbons (Fsp3) is 0.647. The van der Waals surface area contributed by atoms with Crippen LogP contribution in [0.5, 0.6) is 5.75 Å². The molecule has 0 bridgehead atoms. The molecule has 0 amide bonds. The molecule has 1 aliphatic carbocycles. The molecule has 0 aliphatic heterocycles. The van der Waals surface area contributed by atoms with Crippen LogP contribution in [0.4, 0.5) is 0 Å². The Labute approximate surface area is 117 Å². The minimum atomic E-state index is 0.414. The third-order valence-corrected chi connectivity index (χ3v) is 4.04. The van der Waals surface area contributed by atoms with Crippen LogP contribution in [0.3, 0.4) is 0 Å². The first-order chi connectivity index (χ1) is 9.35. The third-order valence-electron chi connectivity index (χ3n) is 4.04. The molecular formula is C17H27NO. The van der Waals surface area contributed by atoms with Crippen molar-refractivity contribution in [3.63, 3.8) is 0 Å². The van der Waals surface area contributed by atoms with Crippen molar-refractivity contribution in [2.45, 2.75) is 52.0 Å². The molecule has 1 saturated carbocycles. The lowest BCUT2D eigenvalue weighted by Gasteiger charge is -2.27. The van der Waals surface area contributed by atoms with Crippen molar-refractivity contribution in [2.24, 2.45) is 5.92 Å². The number of para-hydroxylation sites is 1. The van der Waals surface area contributed by atoms with Gasteiger partial charge in [0.05, 0.1) is 6.61 Å². The van der Waals surface area contributed by atoms with Crippen molar-refractivity contribution in [3.05, 3.63) is 29.8 Å². The minimum absolute atomic E-state index is 0.414. The Morgan fingerprint density at radius 3 is 2.68 bits per heavy atom. The van der Waals surface area contributed by atoms with Crippen LogP contribution in [0.15, 0.2) is 24.3 Å². The number of hydrogen-bond acceptors (Lipinski definition) is 2. The van der Waals surface area contributed by atoms with Crippen molar-refractivity contribution >= 4 is 0 Å². The highest BCUT2D eigenvalue weighted by molar-refractivity contribution is 5.36. The second-order valence-electron chi connectivity index (χ2n) is 5.56. The van der Waals surface area contributed by atoms with Gasteiger partial charge in [-0.25, -0.2) is 0 Å². The van der Waals surface area contributed by atoms with Gasteiger partial charge in [0.15, 0.2) is 0 Å². The summed E-state index contributed by atoms with van der Waals surface area (Å²) in [5.41, 5.74) is 1.32. The van der Waals surface area contributed by atoms with E-state index in [1.807, 2.05) is 0 Å². The molecule has 1 N–H and O–H groups in total. The van der Waals surface area contributed by atoms with Gasteiger partial charge in [0.2, 0.25) is 0 Å². The third kappa shape index (κ3) is 3.97. The summed E-state index contributed by atoms with van der Waals surface area (Å²) in [6, 6.07) is 8.92. The molecule has 1 aromatic rings. The molecule has 1 aliphatic rings. The van der Waals surface area contributed by atoms with E-state index in [1.165, 1.54) is 31.2 Å². The van der Waals surface area contributed by atoms with Gasteiger partial charge < -0.3 is 10.1 Å². The zero-order valence-corrected chi connectivity index (χ0v) is 12.3. The van der Waals surface area contributed by atoms with Crippen LogP contribution in [0.2, 0.25) is 0 Å². The predicted octanol–water partition coefficient (Wildman–Crippen LogP) is 4.32. The van der Waals surface area contributed by atoms with E-state index in [4.69, 9.17) is 4.74 Å². The van der Waals surface area contributed by atoms with Crippen LogP contribution >= 0.6 is 0 Å². The molecule has 0 aromatic heterocycles. The summed E-state index contributed by atoms with van der Waals surface area (Å²) in [6.45, 7) is 6.39. The fourth-order valence-corrected chi connectivity index (χ4v) is 2.56. The van der Waals surface area contributed by atoms with E-state index in [2.05, 4.69) is 43.4 Å². The Balaban J connectivity index is 2.00. The number of nitrogens with one attached hydrogen (secondary N) is 1. The van der Waals surface area contributed by atoms with Gasteiger partial charge in [-0.1, -0.05) is 38.5 Å². The van der Waals surface area contributed by atoms with Crippen LogP contribution in [0.25, 0.3) is 0 Å². The van der Waals surface area contributed by atoms with E-state index < -0.39 is 0 Å². The van der Waals surface area contributed by atoms with Gasteiger partial charge in [0.1, 0.15) is 5.75 Å². The molecule has 19 heavy (non-hydrogen) atoms. The monoisotopic (exact) mass is 261 g/mol. The summed E-state index contributed by atoms with van der Waals surface area (Å²) in [5.74, 6) is 1.86. The first kappa shape index (κ1) is 14.4. The van der Waals surface area contributed by atoms with Gasteiger partial charge in [0, 0.05) is 11.6 Å². The normalized spacial score (nSPS) is 16.9. The van der Waals surface area contributed by atoms with E-state index in [1.54, 1.807) is 0 Å². The summed E-state index contributed by atoms with van der Waals surface area (Å²) in [5, 5.41) is 3.61. The maximum atomic E-state index is 6.06. The van der Waals surface area contributed by atoms with Gasteiger partial charge in [-0.2, -0.15) is 0 Å². The highest BCUT2D eigenvalue weighted by Gasteiger charge is 2.19. The Morgan fingerprint density at radius 1 is 1.26 bits per heavy atom. The first-order valence-corrected chi connectivity index (χ1v) is 7.80. The van der Waals surface area contributed by atoms with Gasteiger partial charge >= 0.3 is 0 Å². The second kappa shape index (κ2) is 7.54. The van der Waals surface area contributed by atoms with Crippen LogP contribution in [-0.4, -0.2) is 13.2 Å². The minimum Gasteiger partial charge on any atom is -0.493 e. The summed E-state index contributed by atoms with van der Waals surface area (Å²) < 4.78 is 6.06. The smallest absolute Gasteiger partial charge is 0.124 e. The summed E-state index contributed by atoms with van der Waals surface area (Å²) in [4.78, 5) is 0. The Bertz CT molecular complexity index is 373. The van der Waals surface area contributed by atoms with E-state index in [-0.39, 0.29) is 0 Å². The molecule has 2 heteroatoms. The molecule has 1 unspecified atom stereocenters. The molecule has 0 spiro atoms. The van der Waals surface area contributed by atoms with E-state index in [0.29, 0.717) is 6.04 Å². The van der Waals surface area contributed by atoms with Crippen molar-refractivity contribution in [1.82, 2.24) is 5.32 Å². The molecule has 2 nitrogen and oxygen atoms in total. The van der Waals surface area contributed by atoms with E-state index >= 15 is 0 Å². The van der Waals surface area contributed by atoms with E-state index in [9.17, 15) is 0 Å². The second-order valence-corrected chi connectivity index (χ2v) is 5.56. The summed E-state index contributed by atoms with van der Waals surface area (Å²) in [7, 11) is 0. The number of benzene rings is 1. The number of hydrogen-bond donors (Lipinski definition) is 1. The largest absolute Gasteiger partial charge is 0.493 e. The average molecular weight is 261 g/mol. The summed E-state index contributed by atoms with van der Waals surface area (Å²) >= 11 is 0. The summed E-state index contributed by atoms with van der Waals surface area (Å²) in [6.07, 6.45) is 6.33. The molecule has 0 saturated heterocycles. The molecule has 1 aromatic carbocycles. The Morgan fingerprint density at radius 2 is 2.05 bits per heavy atom. The van der Waals surface area contributed by atoms with Crippen LogP contribution in [0, 0.1) is 5.92 Å². The lowest BCUT2D eigenvalue weighted by molar-refractivity contribution is 0.178. The van der Waals surface area contributed by atoms with Crippen molar-refractivity contribution in [3.8, 4) is 5.75 Å². The highest BCUT2D eigenvalue weighted by atomic mass is 16.5. The molecule has 1 atom stereocenters. The highest BCUT2D eigenvalue weighted by Crippen LogP contribution is 2.30. The standard InChI is InChI=1S/C17H27NO/c1-3-12-18-16(4-2)15-10-5-6-11-17(15)19-13-14-8-7-9-14/h5-6,10-11,14,16,18H,3-4,7-9,12-13H2,1-2H3. The maximum Gasteiger partial charge on any atom is 0.124 e. The van der Waals surface area contributed by atoms with Gasteiger partial charge in [0.25, 0.3) is 0 Å². The van der Waals surface area contributed by atoms with Gasteiger partial charge in [-0.05, 0) is 44.2 Å². The lowest BCUT2D eigenvalue weighted by Crippen LogP contribution is -2.23. The van der Waals surface area contributed by atoms with Gasteiger partial charge in [-0.15, -0.1) is 0 Å². The average Bonchev–Trinajstić information content (AvgIpc) is 2.39. The van der Waals surface area contributed by atoms with Crippen LogP contribution in [0.1, 0.15) is 57.6 Å². The topological polar surface area (TPSA) is 21.3 Å². The molecule has 106 valence electrons. The van der Waals surface area contributed by atoms with Crippen molar-refractivity contribution < 1.29 is 4.74 Å². The quantitative estimate of drug-likeness (QED) is 0.752. The number of ether oxygens (including phenoxy) is 1. The van der Waals surface area contributed by atoms with Gasteiger partial charge in [-0.3, -0.25) is 0 Å². The molecular weight excluding hydrogens is 234 g/mol. The molecule has 0 heterocycles. The lowest BCUT2D eigenvalue weighted by atomic mass is 9.86. The van der Waals surface area contributed by atoms with Crippen molar-refractivity contribution in [2.75, 3.05) is 13.2 Å². The zero-order chi connectivity index (χ0) is 13.5. The molecule has 1 fully saturated rings. The van der Waals surface area contributed by atoms with E-state index in [0.717, 1.165) is 31.2 Å². The van der Waals surface area contributed by atoms with Crippen LogP contribution < -0.4 is 10.1 Å². The molecule has 2 rings (SSSR count). The fourth-order valence-electron chi connectivity index (χ4n) is 2.56. The predicted molar refractivity (Wildman–Crippen MR) is 80.6 cm³/mol. The SMILES string of the molecule is CCCNC(CC)c1ccccc1OCC1CCC1. The Kier molecular flexibility index (Phi) is 5.71. The number of rotatable bonds is 8. The maximum absolute atomic E-state index is 6.06. The first-order valence-electron chi connectivity index (χ1n) is 7.80. The van der Waals surface area contributed by atoms with Crippen molar-refractivity contribution in [1.29, 1.82) is 0 Å². The molecule has 0 radical (unpaired) electrons.